The highest BCUT2D eigenvalue weighted by Crippen LogP contribution is 2.22. The third-order valence-electron chi connectivity index (χ3n) is 2.99. The molecule has 1 amide bonds. The van der Waals surface area contributed by atoms with Crippen LogP contribution in [-0.4, -0.2) is 17.0 Å². The minimum atomic E-state index is -1.12. The zero-order valence-electron chi connectivity index (χ0n) is 11.2. The second-order valence-electron chi connectivity index (χ2n) is 4.53. The SMILES string of the molecule is Cc1cc(C(=O)Nc2ccc(C(=O)O)c(Cl)c2)ccc1N. The fourth-order valence-electron chi connectivity index (χ4n) is 1.79. The van der Waals surface area contributed by atoms with E-state index in [1.807, 2.05) is 6.92 Å². The highest BCUT2D eigenvalue weighted by atomic mass is 35.5. The Balaban J connectivity index is 2.21. The van der Waals surface area contributed by atoms with Crippen LogP contribution in [0.4, 0.5) is 11.4 Å². The average Bonchev–Trinajstić information content (AvgIpc) is 2.41. The number of carboxylic acids is 1. The number of benzene rings is 2. The van der Waals surface area contributed by atoms with E-state index in [0.29, 0.717) is 16.9 Å². The van der Waals surface area contributed by atoms with Crippen molar-refractivity contribution in [3.8, 4) is 0 Å². The number of hydrogen-bond acceptors (Lipinski definition) is 3. The maximum Gasteiger partial charge on any atom is 0.337 e. The summed E-state index contributed by atoms with van der Waals surface area (Å²) in [5, 5.41) is 11.6. The van der Waals surface area contributed by atoms with Crippen molar-refractivity contribution in [2.24, 2.45) is 0 Å². The number of nitrogen functional groups attached to an aromatic ring is 1. The molecular formula is C15H13ClN2O3. The molecule has 2 rings (SSSR count). The second kappa shape index (κ2) is 5.85. The van der Waals surface area contributed by atoms with Gasteiger partial charge in [0, 0.05) is 16.9 Å². The Labute approximate surface area is 126 Å². The Kier molecular flexibility index (Phi) is 4.14. The number of rotatable bonds is 3. The lowest BCUT2D eigenvalue weighted by molar-refractivity contribution is 0.0697. The number of nitrogens with one attached hydrogen (secondary N) is 1. The van der Waals surface area contributed by atoms with Crippen LogP contribution in [0.1, 0.15) is 26.3 Å². The molecule has 0 aliphatic rings. The van der Waals surface area contributed by atoms with Gasteiger partial charge in [-0.2, -0.15) is 0 Å². The van der Waals surface area contributed by atoms with E-state index in [1.165, 1.54) is 18.2 Å². The molecule has 0 fully saturated rings. The number of carbonyl (C=O) groups is 2. The van der Waals surface area contributed by atoms with Crippen LogP contribution in [-0.2, 0) is 0 Å². The van der Waals surface area contributed by atoms with Gasteiger partial charge in [-0.3, -0.25) is 4.79 Å². The van der Waals surface area contributed by atoms with Gasteiger partial charge in [0.15, 0.2) is 0 Å². The number of amides is 1. The van der Waals surface area contributed by atoms with Gasteiger partial charge in [0.1, 0.15) is 0 Å². The number of aromatic carboxylic acids is 1. The first-order chi connectivity index (χ1) is 9.88. The molecule has 2 aromatic rings. The lowest BCUT2D eigenvalue weighted by Gasteiger charge is -2.08. The Morgan fingerprint density at radius 3 is 2.48 bits per heavy atom. The molecule has 0 aliphatic heterocycles. The van der Waals surface area contributed by atoms with Crippen LogP contribution in [0.15, 0.2) is 36.4 Å². The first-order valence-corrected chi connectivity index (χ1v) is 6.46. The van der Waals surface area contributed by atoms with Crippen molar-refractivity contribution in [2.45, 2.75) is 6.92 Å². The monoisotopic (exact) mass is 304 g/mol. The third kappa shape index (κ3) is 3.32. The first-order valence-electron chi connectivity index (χ1n) is 6.09. The molecule has 0 saturated carbocycles. The molecule has 0 aromatic heterocycles. The molecule has 108 valence electrons. The summed E-state index contributed by atoms with van der Waals surface area (Å²) in [4.78, 5) is 23.0. The van der Waals surface area contributed by atoms with E-state index in [4.69, 9.17) is 22.4 Å². The Hall–Kier alpha value is -2.53. The van der Waals surface area contributed by atoms with Gasteiger partial charge in [0.2, 0.25) is 0 Å². The molecule has 21 heavy (non-hydrogen) atoms. The fourth-order valence-corrected chi connectivity index (χ4v) is 2.05. The van der Waals surface area contributed by atoms with Crippen molar-refractivity contribution in [3.05, 3.63) is 58.1 Å². The van der Waals surface area contributed by atoms with Crippen molar-refractivity contribution >= 4 is 34.9 Å². The van der Waals surface area contributed by atoms with Crippen LogP contribution in [0.3, 0.4) is 0 Å². The molecule has 2 aromatic carbocycles. The second-order valence-corrected chi connectivity index (χ2v) is 4.93. The molecule has 0 heterocycles. The lowest BCUT2D eigenvalue weighted by Crippen LogP contribution is -2.12. The molecular weight excluding hydrogens is 292 g/mol. The summed E-state index contributed by atoms with van der Waals surface area (Å²) < 4.78 is 0. The summed E-state index contributed by atoms with van der Waals surface area (Å²) in [6.45, 7) is 1.81. The first kappa shape index (κ1) is 14.9. The van der Waals surface area contributed by atoms with Crippen molar-refractivity contribution in [1.82, 2.24) is 0 Å². The highest BCUT2D eigenvalue weighted by Gasteiger charge is 2.11. The van der Waals surface area contributed by atoms with Crippen LogP contribution >= 0.6 is 11.6 Å². The summed E-state index contributed by atoms with van der Waals surface area (Å²) >= 11 is 5.85. The minimum absolute atomic E-state index is 0.0157. The number of aryl methyl sites for hydroxylation is 1. The number of nitrogens with two attached hydrogens (primary N) is 1. The molecule has 0 saturated heterocycles. The summed E-state index contributed by atoms with van der Waals surface area (Å²) in [6, 6.07) is 9.17. The number of carboxylic acid groups (broad SMARTS) is 1. The van der Waals surface area contributed by atoms with E-state index in [2.05, 4.69) is 5.32 Å². The lowest BCUT2D eigenvalue weighted by atomic mass is 10.1. The van der Waals surface area contributed by atoms with E-state index in [1.54, 1.807) is 18.2 Å². The van der Waals surface area contributed by atoms with Gasteiger partial charge < -0.3 is 16.2 Å². The van der Waals surface area contributed by atoms with Crippen LogP contribution < -0.4 is 11.1 Å². The zero-order chi connectivity index (χ0) is 15.6. The van der Waals surface area contributed by atoms with E-state index in [9.17, 15) is 9.59 Å². The summed E-state index contributed by atoms with van der Waals surface area (Å²) in [6.07, 6.45) is 0. The van der Waals surface area contributed by atoms with Crippen molar-refractivity contribution in [2.75, 3.05) is 11.1 Å². The summed E-state index contributed by atoms with van der Waals surface area (Å²) in [5.74, 6) is -1.44. The molecule has 0 atom stereocenters. The molecule has 5 nitrogen and oxygen atoms in total. The molecule has 6 heteroatoms. The van der Waals surface area contributed by atoms with E-state index in [0.717, 1.165) is 5.56 Å². The largest absolute Gasteiger partial charge is 0.478 e. The van der Waals surface area contributed by atoms with Crippen LogP contribution in [0, 0.1) is 6.92 Å². The molecule has 4 N–H and O–H groups in total. The van der Waals surface area contributed by atoms with Gasteiger partial charge in [0.05, 0.1) is 10.6 Å². The molecule has 0 unspecified atom stereocenters. The standard InChI is InChI=1S/C15H13ClN2O3/c1-8-6-9(2-5-13(8)17)14(19)18-10-3-4-11(15(20)21)12(16)7-10/h2-7H,17H2,1H3,(H,18,19)(H,20,21). The number of hydrogen-bond donors (Lipinski definition) is 3. The maximum atomic E-state index is 12.1. The quantitative estimate of drug-likeness (QED) is 0.759. The zero-order valence-corrected chi connectivity index (χ0v) is 11.9. The normalized spacial score (nSPS) is 10.2. The van der Waals surface area contributed by atoms with E-state index >= 15 is 0 Å². The van der Waals surface area contributed by atoms with Gasteiger partial charge in [-0.05, 0) is 48.9 Å². The Bertz CT molecular complexity index is 729. The van der Waals surface area contributed by atoms with Crippen LogP contribution in [0.2, 0.25) is 5.02 Å². The predicted molar refractivity (Wildman–Crippen MR) is 82.0 cm³/mol. The van der Waals surface area contributed by atoms with Gasteiger partial charge in [-0.15, -0.1) is 0 Å². The maximum absolute atomic E-state index is 12.1. The summed E-state index contributed by atoms with van der Waals surface area (Å²) in [7, 11) is 0. The molecule has 0 bridgehead atoms. The molecule has 0 radical (unpaired) electrons. The van der Waals surface area contributed by atoms with Crippen molar-refractivity contribution < 1.29 is 14.7 Å². The van der Waals surface area contributed by atoms with E-state index < -0.39 is 5.97 Å². The van der Waals surface area contributed by atoms with Gasteiger partial charge in [-0.1, -0.05) is 11.6 Å². The van der Waals surface area contributed by atoms with Gasteiger partial charge >= 0.3 is 5.97 Å². The Morgan fingerprint density at radius 1 is 1.19 bits per heavy atom. The van der Waals surface area contributed by atoms with Crippen LogP contribution in [0.5, 0.6) is 0 Å². The number of halogens is 1. The molecule has 0 aliphatic carbocycles. The van der Waals surface area contributed by atoms with Crippen molar-refractivity contribution in [1.29, 1.82) is 0 Å². The third-order valence-corrected chi connectivity index (χ3v) is 3.30. The fraction of sp³-hybridized carbons (Fsp3) is 0.0667. The number of carbonyl (C=O) groups excluding carboxylic acids is 1. The van der Waals surface area contributed by atoms with Crippen LogP contribution in [0.25, 0.3) is 0 Å². The highest BCUT2D eigenvalue weighted by molar-refractivity contribution is 6.33. The van der Waals surface area contributed by atoms with E-state index in [-0.39, 0.29) is 16.5 Å². The topological polar surface area (TPSA) is 92.4 Å². The van der Waals surface area contributed by atoms with Crippen molar-refractivity contribution in [3.63, 3.8) is 0 Å². The van der Waals surface area contributed by atoms with Gasteiger partial charge in [0.25, 0.3) is 5.91 Å². The van der Waals surface area contributed by atoms with Gasteiger partial charge in [-0.25, -0.2) is 4.79 Å². The molecule has 0 spiro atoms. The predicted octanol–water partition coefficient (Wildman–Crippen LogP) is 3.18. The minimum Gasteiger partial charge on any atom is -0.478 e. The smallest absolute Gasteiger partial charge is 0.337 e. The summed E-state index contributed by atoms with van der Waals surface area (Å²) in [5.41, 5.74) is 7.98. The average molecular weight is 305 g/mol. The Morgan fingerprint density at radius 2 is 1.90 bits per heavy atom. The number of anilines is 2.